The maximum atomic E-state index is 13.7. The molecule has 0 radical (unpaired) electrons. The highest BCUT2D eigenvalue weighted by Gasteiger charge is 2.64. The number of aliphatic hydroxyl groups is 1. The largest absolute Gasteiger partial charge is 0.514 e. The predicted molar refractivity (Wildman–Crippen MR) is 132 cm³/mol. The van der Waals surface area contributed by atoms with Crippen LogP contribution in [0.4, 0.5) is 4.79 Å². The molecule has 2 heterocycles. The van der Waals surface area contributed by atoms with Crippen LogP contribution in [0.1, 0.15) is 39.7 Å². The molecule has 0 aromatic heterocycles. The van der Waals surface area contributed by atoms with E-state index >= 15 is 0 Å². The summed E-state index contributed by atoms with van der Waals surface area (Å²) in [6, 6.07) is 6.46. The zero-order valence-corrected chi connectivity index (χ0v) is 20.9. The van der Waals surface area contributed by atoms with Gasteiger partial charge in [0.15, 0.2) is 5.78 Å². The van der Waals surface area contributed by atoms with Crippen LogP contribution in [0.5, 0.6) is 5.75 Å². The number of nitrogens with one attached hydrogen (secondary N) is 1. The minimum atomic E-state index is -1.82. The van der Waals surface area contributed by atoms with Crippen LogP contribution in [0.2, 0.25) is 0 Å². The van der Waals surface area contributed by atoms with E-state index in [1.165, 1.54) is 6.92 Å². The van der Waals surface area contributed by atoms with Crippen LogP contribution >= 0.6 is 0 Å². The number of carbonyl (C=O) groups is 3. The number of amides is 1. The van der Waals surface area contributed by atoms with Crippen LogP contribution in [0.15, 0.2) is 60.4 Å². The van der Waals surface area contributed by atoms with Gasteiger partial charge in [0.25, 0.3) is 5.91 Å². The van der Waals surface area contributed by atoms with Crippen molar-refractivity contribution in [3.8, 4) is 5.75 Å². The molecule has 4 rings (SSSR count). The molecule has 1 aromatic carbocycles. The first kappa shape index (κ1) is 25.7. The molecule has 3 aliphatic rings. The van der Waals surface area contributed by atoms with E-state index in [0.29, 0.717) is 12.8 Å². The molecule has 36 heavy (non-hydrogen) atoms. The van der Waals surface area contributed by atoms with Gasteiger partial charge in [-0.2, -0.15) is 0 Å². The van der Waals surface area contributed by atoms with Crippen molar-refractivity contribution < 1.29 is 34.1 Å². The fraction of sp³-hybridized carbons (Fsp3) is 0.464. The van der Waals surface area contributed by atoms with Crippen molar-refractivity contribution in [3.05, 3.63) is 66.0 Å². The standard InChI is InChI=1S/C28H33NO7/c1-16-6-5-7-20-14-17(2)18(3)23-22(15-19-8-10-21(30)11-9-19)29-25(32)28(20,23)36-26(33)35-13-12-27(4,34)24(16)31/h5,7-14,16,18,20,22-23,30,34H,6,15H2,1-4H3,(H,29,32)/b7-5+,13-12+/t16-,18+,20-,22-,23-,27+,28+/m0/s1. The molecule has 0 unspecified atom stereocenters. The first-order valence-electron chi connectivity index (χ1n) is 12.2. The van der Waals surface area contributed by atoms with Crippen molar-refractivity contribution in [1.29, 1.82) is 0 Å². The summed E-state index contributed by atoms with van der Waals surface area (Å²) in [5.41, 5.74) is -1.39. The topological polar surface area (TPSA) is 122 Å². The Bertz CT molecular complexity index is 1130. The summed E-state index contributed by atoms with van der Waals surface area (Å²) >= 11 is 0. The third-order valence-electron chi connectivity index (χ3n) is 7.78. The molecule has 8 heteroatoms. The molecule has 1 spiro atoms. The van der Waals surface area contributed by atoms with Crippen LogP contribution in [-0.2, 0) is 25.5 Å². The summed E-state index contributed by atoms with van der Waals surface area (Å²) in [7, 11) is 0. The second kappa shape index (κ2) is 9.58. The molecule has 1 aromatic rings. The Balaban J connectivity index is 1.76. The second-order valence-corrected chi connectivity index (χ2v) is 10.3. The number of allylic oxidation sites excluding steroid dienone is 2. The normalized spacial score (nSPS) is 38.5. The van der Waals surface area contributed by atoms with Crippen molar-refractivity contribution in [2.24, 2.45) is 23.7 Å². The maximum absolute atomic E-state index is 13.7. The molecule has 7 atom stereocenters. The van der Waals surface area contributed by atoms with Gasteiger partial charge < -0.3 is 25.0 Å². The van der Waals surface area contributed by atoms with E-state index in [-0.39, 0.29) is 17.7 Å². The van der Waals surface area contributed by atoms with Gasteiger partial charge in [-0.1, -0.05) is 49.8 Å². The number of cyclic esters (lactones) is 1. The summed E-state index contributed by atoms with van der Waals surface area (Å²) in [4.78, 5) is 39.2. The first-order chi connectivity index (χ1) is 17.0. The van der Waals surface area contributed by atoms with Gasteiger partial charge in [0.2, 0.25) is 5.60 Å². The quantitative estimate of drug-likeness (QED) is 0.423. The molecule has 0 bridgehead atoms. The molecule has 8 nitrogen and oxygen atoms in total. The van der Waals surface area contributed by atoms with Gasteiger partial charge in [-0.05, 0) is 56.4 Å². The Morgan fingerprint density at radius 2 is 1.83 bits per heavy atom. The smallest absolute Gasteiger partial charge is 0.508 e. The maximum Gasteiger partial charge on any atom is 0.514 e. The zero-order valence-electron chi connectivity index (χ0n) is 20.9. The van der Waals surface area contributed by atoms with Gasteiger partial charge in [-0.25, -0.2) is 4.79 Å². The third-order valence-corrected chi connectivity index (χ3v) is 7.78. The molecular weight excluding hydrogens is 462 g/mol. The second-order valence-electron chi connectivity index (χ2n) is 10.3. The monoisotopic (exact) mass is 495 g/mol. The minimum absolute atomic E-state index is 0.0871. The fourth-order valence-corrected chi connectivity index (χ4v) is 5.70. The molecule has 1 amide bonds. The average molecular weight is 496 g/mol. The van der Waals surface area contributed by atoms with Gasteiger partial charge in [-0.3, -0.25) is 9.59 Å². The van der Waals surface area contributed by atoms with E-state index in [2.05, 4.69) is 5.32 Å². The van der Waals surface area contributed by atoms with Crippen LogP contribution in [-0.4, -0.2) is 45.3 Å². The molecular formula is C28H33NO7. The van der Waals surface area contributed by atoms with Crippen LogP contribution < -0.4 is 5.32 Å². The highest BCUT2D eigenvalue weighted by atomic mass is 16.7. The summed E-state index contributed by atoms with van der Waals surface area (Å²) < 4.78 is 11.0. The lowest BCUT2D eigenvalue weighted by molar-refractivity contribution is -0.147. The molecule has 1 fully saturated rings. The number of Topliss-reactive ketones (excluding diaryl/α,β-unsaturated/α-hetero) is 1. The lowest BCUT2D eigenvalue weighted by Crippen LogP contribution is -2.56. The Kier molecular flexibility index (Phi) is 6.84. The average Bonchev–Trinajstić information content (AvgIpc) is 3.09. The zero-order chi connectivity index (χ0) is 26.3. The lowest BCUT2D eigenvalue weighted by Gasteiger charge is -2.44. The molecule has 0 saturated carbocycles. The minimum Gasteiger partial charge on any atom is -0.508 e. The van der Waals surface area contributed by atoms with Crippen molar-refractivity contribution in [1.82, 2.24) is 5.32 Å². The number of carbonyl (C=O) groups excluding carboxylic acids is 3. The Labute approximate surface area is 210 Å². The molecule has 1 saturated heterocycles. The van der Waals surface area contributed by atoms with Crippen LogP contribution in [0.3, 0.4) is 0 Å². The van der Waals surface area contributed by atoms with Crippen LogP contribution in [0.25, 0.3) is 0 Å². The Morgan fingerprint density at radius 3 is 2.53 bits per heavy atom. The third kappa shape index (κ3) is 4.57. The Hall–Kier alpha value is -3.39. The summed E-state index contributed by atoms with van der Waals surface area (Å²) in [6.07, 6.45) is 7.33. The number of benzene rings is 1. The van der Waals surface area contributed by atoms with Gasteiger partial charge in [0, 0.05) is 23.8 Å². The van der Waals surface area contributed by atoms with Gasteiger partial charge in [0.05, 0.1) is 6.26 Å². The first-order valence-corrected chi connectivity index (χ1v) is 12.2. The van der Waals surface area contributed by atoms with E-state index in [9.17, 15) is 24.6 Å². The number of phenolic OH excluding ortho intramolecular Hbond substituents is 1. The summed E-state index contributed by atoms with van der Waals surface area (Å²) in [5, 5.41) is 23.2. The van der Waals surface area contributed by atoms with Gasteiger partial charge in [0.1, 0.15) is 11.4 Å². The number of phenols is 1. The lowest BCUT2D eigenvalue weighted by atomic mass is 9.63. The highest BCUT2D eigenvalue weighted by Crippen LogP contribution is 2.50. The number of hydrogen-bond acceptors (Lipinski definition) is 7. The van der Waals surface area contributed by atoms with Crippen molar-refractivity contribution >= 4 is 17.8 Å². The SMILES string of the molecule is CC1=C[C@@H]2/C=C/C[C@H](C)C(=O)[C@](C)(O)/C=C/OC(=O)O[C@]23C(=O)N[C@@H](Cc2ccc(O)cc2)[C@@H]3[C@@H]1C. The van der Waals surface area contributed by atoms with Crippen molar-refractivity contribution in [2.45, 2.75) is 57.8 Å². The molecule has 2 aliphatic heterocycles. The van der Waals surface area contributed by atoms with Gasteiger partial charge >= 0.3 is 6.16 Å². The van der Waals surface area contributed by atoms with E-state index in [1.54, 1.807) is 37.3 Å². The molecule has 3 N–H and O–H groups in total. The highest BCUT2D eigenvalue weighted by molar-refractivity contribution is 5.92. The van der Waals surface area contributed by atoms with E-state index in [1.807, 2.05) is 26.0 Å². The summed E-state index contributed by atoms with van der Waals surface area (Å²) in [6.45, 7) is 7.06. The van der Waals surface area contributed by atoms with E-state index in [0.717, 1.165) is 23.5 Å². The number of ether oxygens (including phenoxy) is 2. The van der Waals surface area contributed by atoms with Crippen molar-refractivity contribution in [3.63, 3.8) is 0 Å². The summed E-state index contributed by atoms with van der Waals surface area (Å²) in [5.74, 6) is -2.24. The number of aromatic hydroxyl groups is 1. The fourth-order valence-electron chi connectivity index (χ4n) is 5.70. The predicted octanol–water partition coefficient (Wildman–Crippen LogP) is 3.58. The number of rotatable bonds is 2. The van der Waals surface area contributed by atoms with Gasteiger partial charge in [-0.15, -0.1) is 0 Å². The number of hydrogen-bond donors (Lipinski definition) is 3. The molecule has 192 valence electrons. The Morgan fingerprint density at radius 1 is 1.14 bits per heavy atom. The van der Waals surface area contributed by atoms with E-state index < -0.39 is 46.8 Å². The van der Waals surface area contributed by atoms with Crippen molar-refractivity contribution in [2.75, 3.05) is 0 Å². The van der Waals surface area contributed by atoms with E-state index in [4.69, 9.17) is 9.47 Å². The van der Waals surface area contributed by atoms with Crippen LogP contribution in [0, 0.1) is 23.7 Å². The molecule has 1 aliphatic carbocycles. The number of ketones is 1.